The lowest BCUT2D eigenvalue weighted by Crippen LogP contribution is -2.64. The highest BCUT2D eigenvalue weighted by Crippen LogP contribution is 2.72. The predicted molar refractivity (Wildman–Crippen MR) is 125 cm³/mol. The van der Waals surface area contributed by atoms with Gasteiger partial charge in [0.1, 0.15) is 11.9 Å². The second-order valence-corrected chi connectivity index (χ2v) is 11.6. The van der Waals surface area contributed by atoms with Gasteiger partial charge in [-0.15, -0.1) is 0 Å². The van der Waals surface area contributed by atoms with Gasteiger partial charge in [-0.25, -0.2) is 0 Å². The van der Waals surface area contributed by atoms with Gasteiger partial charge >= 0.3 is 5.97 Å². The third kappa shape index (κ3) is 2.89. The lowest BCUT2D eigenvalue weighted by atomic mass is 9.40. The Kier molecular flexibility index (Phi) is 5.06. The Morgan fingerprint density at radius 2 is 2.00 bits per heavy atom. The molecule has 182 valence electrons. The molecule has 1 aromatic rings. The number of allylic oxidation sites excluding steroid dienone is 4. The minimum Gasteiger partial charge on any atom is -0.505 e. The third-order valence-corrected chi connectivity index (χ3v) is 9.60. The smallest absolute Gasteiger partial charge is 0.302 e. The van der Waals surface area contributed by atoms with Gasteiger partial charge in [0, 0.05) is 36.5 Å². The molecule has 0 aromatic carbocycles. The molecular formula is C28H34O6. The van der Waals surface area contributed by atoms with E-state index < -0.39 is 34.2 Å². The Labute approximate surface area is 200 Å². The summed E-state index contributed by atoms with van der Waals surface area (Å²) in [4.78, 5) is 39.2. The van der Waals surface area contributed by atoms with Gasteiger partial charge in [-0.3, -0.25) is 14.4 Å². The van der Waals surface area contributed by atoms with E-state index in [1.54, 1.807) is 18.6 Å². The van der Waals surface area contributed by atoms with E-state index in [1.807, 2.05) is 13.0 Å². The van der Waals surface area contributed by atoms with Gasteiger partial charge in [0.05, 0.1) is 17.9 Å². The van der Waals surface area contributed by atoms with Crippen LogP contribution in [0.1, 0.15) is 71.8 Å². The molecule has 6 heteroatoms. The number of hydrogen-bond acceptors (Lipinski definition) is 6. The fourth-order valence-electron chi connectivity index (χ4n) is 8.44. The number of furan rings is 1. The second-order valence-electron chi connectivity index (χ2n) is 11.6. The van der Waals surface area contributed by atoms with Crippen LogP contribution >= 0.6 is 0 Å². The zero-order valence-corrected chi connectivity index (χ0v) is 20.6. The summed E-state index contributed by atoms with van der Waals surface area (Å²) < 4.78 is 11.4. The topological polar surface area (TPSA) is 93.8 Å². The van der Waals surface area contributed by atoms with Crippen LogP contribution < -0.4 is 0 Å². The molecule has 1 heterocycles. The SMILES string of the molecule is CC(=O)OC1CC2(C)C(=CCC2c2ccoc2)C2(C)C(=O)CC(C(C)C)C3(C=C(O)C(=O)C3)C12. The summed E-state index contributed by atoms with van der Waals surface area (Å²) >= 11 is 0. The molecule has 2 fully saturated rings. The van der Waals surface area contributed by atoms with E-state index in [2.05, 4.69) is 26.8 Å². The maximum absolute atomic E-state index is 14.1. The summed E-state index contributed by atoms with van der Waals surface area (Å²) in [6.45, 7) is 9.69. The van der Waals surface area contributed by atoms with Crippen molar-refractivity contribution in [2.75, 3.05) is 0 Å². The highest BCUT2D eigenvalue weighted by atomic mass is 16.5. The first-order valence-corrected chi connectivity index (χ1v) is 12.3. The number of fused-ring (bicyclic) bond motifs is 4. The first-order valence-electron chi connectivity index (χ1n) is 12.3. The normalized spacial score (nSPS) is 41.4. The van der Waals surface area contributed by atoms with Gasteiger partial charge < -0.3 is 14.3 Å². The molecule has 0 bridgehead atoms. The second kappa shape index (κ2) is 7.43. The fourth-order valence-corrected chi connectivity index (χ4v) is 8.44. The zero-order valence-electron chi connectivity index (χ0n) is 20.6. The molecule has 4 aliphatic carbocycles. The van der Waals surface area contributed by atoms with Crippen molar-refractivity contribution >= 4 is 17.5 Å². The standard InChI is InChI=1S/C28H34O6/c1-15(2)19-10-24(32)27(5)23-7-6-18(17-8-9-33-14-17)26(23,4)13-22(34-16(3)29)25(27)28(19)11-20(30)21(31)12-28/h7-9,11,14-15,18-19,22,25,30H,6,10,12-13H2,1-5H3. The minimum atomic E-state index is -0.904. The summed E-state index contributed by atoms with van der Waals surface area (Å²) in [7, 11) is 0. The number of hydrogen-bond donors (Lipinski definition) is 1. The van der Waals surface area contributed by atoms with E-state index in [4.69, 9.17) is 9.15 Å². The van der Waals surface area contributed by atoms with Gasteiger partial charge in [0.2, 0.25) is 0 Å². The highest BCUT2D eigenvalue weighted by molar-refractivity contribution is 5.98. The molecular weight excluding hydrogens is 432 g/mol. The van der Waals surface area contributed by atoms with Crippen molar-refractivity contribution in [3.63, 3.8) is 0 Å². The van der Waals surface area contributed by atoms with Crippen LogP contribution in [0.5, 0.6) is 0 Å². The molecule has 4 aliphatic rings. The van der Waals surface area contributed by atoms with E-state index >= 15 is 0 Å². The number of Topliss-reactive ketones (excluding diaryl/α,β-unsaturated/α-hetero) is 2. The van der Waals surface area contributed by atoms with Crippen LogP contribution in [-0.4, -0.2) is 28.7 Å². The number of carbonyl (C=O) groups excluding carboxylic acids is 3. The molecule has 0 saturated heterocycles. The molecule has 34 heavy (non-hydrogen) atoms. The van der Waals surface area contributed by atoms with Crippen LogP contribution in [0.15, 0.2) is 46.5 Å². The summed E-state index contributed by atoms with van der Waals surface area (Å²) in [5.41, 5.74) is 0.111. The van der Waals surface area contributed by atoms with E-state index in [-0.39, 0.29) is 41.5 Å². The van der Waals surface area contributed by atoms with Crippen molar-refractivity contribution < 1.29 is 28.6 Å². The minimum absolute atomic E-state index is 0.109. The van der Waals surface area contributed by atoms with Crippen LogP contribution in [0.2, 0.25) is 0 Å². The van der Waals surface area contributed by atoms with E-state index in [0.29, 0.717) is 12.8 Å². The Hall–Kier alpha value is -2.63. The summed E-state index contributed by atoms with van der Waals surface area (Å²) in [6, 6.07) is 1.97. The lowest BCUT2D eigenvalue weighted by Gasteiger charge is -2.63. The van der Waals surface area contributed by atoms with E-state index in [1.165, 1.54) is 6.92 Å². The lowest BCUT2D eigenvalue weighted by molar-refractivity contribution is -0.183. The molecule has 7 unspecified atom stereocenters. The summed E-state index contributed by atoms with van der Waals surface area (Å²) in [6.07, 6.45) is 8.58. The van der Waals surface area contributed by atoms with Crippen molar-refractivity contribution in [3.05, 3.63) is 47.6 Å². The first-order chi connectivity index (χ1) is 15.9. The number of ketones is 2. The van der Waals surface area contributed by atoms with Gasteiger partial charge in [-0.1, -0.05) is 32.4 Å². The maximum atomic E-state index is 14.1. The number of aliphatic hydroxyl groups excluding tert-OH is 1. The Morgan fingerprint density at radius 1 is 1.26 bits per heavy atom. The number of carbonyl (C=O) groups is 3. The van der Waals surface area contributed by atoms with Crippen LogP contribution in [-0.2, 0) is 19.1 Å². The average Bonchev–Trinajstić information content (AvgIpc) is 3.43. The van der Waals surface area contributed by atoms with E-state index in [0.717, 1.165) is 17.6 Å². The molecule has 1 aromatic heterocycles. The molecule has 0 aliphatic heterocycles. The molecule has 0 radical (unpaired) electrons. The quantitative estimate of drug-likeness (QED) is 0.480. The van der Waals surface area contributed by atoms with Crippen LogP contribution in [0.25, 0.3) is 0 Å². The highest BCUT2D eigenvalue weighted by Gasteiger charge is 2.71. The van der Waals surface area contributed by atoms with Gasteiger partial charge in [0.15, 0.2) is 11.5 Å². The summed E-state index contributed by atoms with van der Waals surface area (Å²) in [5.74, 6) is -1.11. The molecule has 1 spiro atoms. The number of esters is 1. The largest absolute Gasteiger partial charge is 0.505 e. The third-order valence-electron chi connectivity index (χ3n) is 9.60. The number of aliphatic hydroxyl groups is 1. The number of rotatable bonds is 3. The molecule has 2 saturated carbocycles. The van der Waals surface area contributed by atoms with Crippen molar-refractivity contribution in [3.8, 4) is 0 Å². The Bertz CT molecular complexity index is 1110. The molecule has 6 nitrogen and oxygen atoms in total. The van der Waals surface area contributed by atoms with Crippen LogP contribution in [0.3, 0.4) is 0 Å². The number of ether oxygens (including phenoxy) is 1. The molecule has 7 atom stereocenters. The molecule has 1 N–H and O–H groups in total. The Morgan fingerprint density at radius 3 is 2.56 bits per heavy atom. The van der Waals surface area contributed by atoms with Crippen molar-refractivity contribution in [2.45, 2.75) is 72.3 Å². The average molecular weight is 467 g/mol. The van der Waals surface area contributed by atoms with Crippen molar-refractivity contribution in [1.82, 2.24) is 0 Å². The van der Waals surface area contributed by atoms with Crippen molar-refractivity contribution in [1.29, 1.82) is 0 Å². The van der Waals surface area contributed by atoms with Gasteiger partial charge in [-0.2, -0.15) is 0 Å². The van der Waals surface area contributed by atoms with Gasteiger partial charge in [-0.05, 0) is 55.2 Å². The van der Waals surface area contributed by atoms with E-state index in [9.17, 15) is 19.5 Å². The maximum Gasteiger partial charge on any atom is 0.302 e. The first kappa shape index (κ1) is 23.1. The predicted octanol–water partition coefficient (Wildman–Crippen LogP) is 5.30. The van der Waals surface area contributed by atoms with Crippen molar-refractivity contribution in [2.24, 2.45) is 34.0 Å². The van der Waals surface area contributed by atoms with Gasteiger partial charge in [0.25, 0.3) is 0 Å². The monoisotopic (exact) mass is 466 g/mol. The zero-order chi connectivity index (χ0) is 24.6. The molecule has 0 amide bonds. The fraction of sp³-hybridized carbons (Fsp3) is 0.607. The Balaban J connectivity index is 1.72. The van der Waals surface area contributed by atoms with Crippen LogP contribution in [0.4, 0.5) is 0 Å². The van der Waals surface area contributed by atoms with Crippen LogP contribution in [0, 0.1) is 34.0 Å². The summed E-state index contributed by atoms with van der Waals surface area (Å²) in [5, 5.41) is 10.5. The molecule has 5 rings (SSSR count).